The van der Waals surface area contributed by atoms with Gasteiger partial charge in [-0.3, -0.25) is 9.69 Å². The highest BCUT2D eigenvalue weighted by molar-refractivity contribution is 6.43. The molecule has 0 unspecified atom stereocenters. The molecule has 6 heteroatoms. The lowest BCUT2D eigenvalue weighted by Crippen LogP contribution is -2.27. The van der Waals surface area contributed by atoms with Crippen molar-refractivity contribution < 1.29 is 9.53 Å². The van der Waals surface area contributed by atoms with Gasteiger partial charge in [-0.05, 0) is 36.4 Å². The number of anilines is 2. The van der Waals surface area contributed by atoms with Gasteiger partial charge in [0.15, 0.2) is 0 Å². The number of para-hydroxylation sites is 2. The molecule has 0 saturated heterocycles. The fourth-order valence-corrected chi connectivity index (χ4v) is 4.26. The van der Waals surface area contributed by atoms with E-state index in [1.165, 1.54) is 12.1 Å². The van der Waals surface area contributed by atoms with E-state index in [-0.39, 0.29) is 21.5 Å². The molecular formula is C22H14Cl3NO2. The van der Waals surface area contributed by atoms with Crippen molar-refractivity contribution in [3.63, 3.8) is 0 Å². The van der Waals surface area contributed by atoms with E-state index >= 15 is 0 Å². The standard InChI is InChI=1S/C22H14Cl3NO2/c1-28-20-10-13-6-2-4-8-18(13)26(19-9-5-3-7-15(19)20)22(27)21-16(24)11-14(23)12-17(21)25/h2-12H,1H3. The average molecular weight is 431 g/mol. The van der Waals surface area contributed by atoms with E-state index in [4.69, 9.17) is 39.5 Å². The zero-order valence-electron chi connectivity index (χ0n) is 14.7. The van der Waals surface area contributed by atoms with Crippen LogP contribution in [0.2, 0.25) is 15.1 Å². The molecule has 3 aromatic carbocycles. The van der Waals surface area contributed by atoms with Crippen molar-refractivity contribution in [3.05, 3.63) is 92.4 Å². The molecule has 1 amide bonds. The molecule has 0 spiro atoms. The van der Waals surface area contributed by atoms with Crippen LogP contribution in [0.1, 0.15) is 21.5 Å². The molecule has 1 aliphatic heterocycles. The van der Waals surface area contributed by atoms with Crippen molar-refractivity contribution >= 4 is 63.9 Å². The summed E-state index contributed by atoms with van der Waals surface area (Å²) in [6.45, 7) is 0. The number of carbonyl (C=O) groups excluding carboxylic acids is 1. The largest absolute Gasteiger partial charge is 0.496 e. The third-order valence-electron chi connectivity index (χ3n) is 4.52. The summed E-state index contributed by atoms with van der Waals surface area (Å²) < 4.78 is 5.61. The Hall–Kier alpha value is -2.46. The molecule has 0 aromatic heterocycles. The third-order valence-corrected chi connectivity index (χ3v) is 5.33. The normalized spacial score (nSPS) is 12.6. The van der Waals surface area contributed by atoms with E-state index in [2.05, 4.69) is 0 Å². The lowest BCUT2D eigenvalue weighted by Gasteiger charge is -2.26. The summed E-state index contributed by atoms with van der Waals surface area (Å²) >= 11 is 18.7. The van der Waals surface area contributed by atoms with Crippen LogP contribution < -0.4 is 4.90 Å². The quantitative estimate of drug-likeness (QED) is 0.434. The van der Waals surface area contributed by atoms with Crippen molar-refractivity contribution in [2.24, 2.45) is 0 Å². The Morgan fingerprint density at radius 1 is 0.893 bits per heavy atom. The van der Waals surface area contributed by atoms with Gasteiger partial charge < -0.3 is 4.74 Å². The number of ether oxygens (including phenoxy) is 1. The first-order chi connectivity index (χ1) is 13.5. The van der Waals surface area contributed by atoms with Crippen molar-refractivity contribution in [2.75, 3.05) is 12.0 Å². The fourth-order valence-electron chi connectivity index (χ4n) is 3.28. The smallest absolute Gasteiger partial charge is 0.265 e. The molecule has 3 aromatic rings. The van der Waals surface area contributed by atoms with Crippen LogP contribution in [0.3, 0.4) is 0 Å². The Bertz CT molecular complexity index is 1100. The predicted octanol–water partition coefficient (Wildman–Crippen LogP) is 7.08. The van der Waals surface area contributed by atoms with Crippen LogP contribution in [0, 0.1) is 0 Å². The number of benzene rings is 3. The Balaban J connectivity index is 2.00. The maximum Gasteiger partial charge on any atom is 0.265 e. The number of methoxy groups -OCH3 is 1. The molecule has 1 aliphatic rings. The second kappa shape index (κ2) is 7.51. The van der Waals surface area contributed by atoms with Gasteiger partial charge in [0.25, 0.3) is 5.91 Å². The minimum absolute atomic E-state index is 0.193. The second-order valence-corrected chi connectivity index (χ2v) is 7.42. The summed E-state index contributed by atoms with van der Waals surface area (Å²) in [5, 5.41) is 0.759. The summed E-state index contributed by atoms with van der Waals surface area (Å²) in [7, 11) is 1.61. The molecular weight excluding hydrogens is 417 g/mol. The van der Waals surface area contributed by atoms with Gasteiger partial charge in [-0.2, -0.15) is 0 Å². The molecule has 0 aliphatic carbocycles. The highest BCUT2D eigenvalue weighted by Gasteiger charge is 2.30. The Morgan fingerprint density at radius 2 is 1.50 bits per heavy atom. The van der Waals surface area contributed by atoms with Gasteiger partial charge in [0.2, 0.25) is 0 Å². The predicted molar refractivity (Wildman–Crippen MR) is 116 cm³/mol. The summed E-state index contributed by atoms with van der Waals surface area (Å²) in [4.78, 5) is 15.3. The molecule has 0 N–H and O–H groups in total. The number of amides is 1. The Morgan fingerprint density at radius 3 is 2.18 bits per heavy atom. The maximum absolute atomic E-state index is 13.7. The molecule has 1 heterocycles. The molecule has 0 saturated carbocycles. The molecule has 0 radical (unpaired) electrons. The summed E-state index contributed by atoms with van der Waals surface area (Å²) in [6, 6.07) is 18.1. The van der Waals surface area contributed by atoms with Crippen LogP contribution in [-0.2, 0) is 4.74 Å². The zero-order chi connectivity index (χ0) is 19.8. The summed E-state index contributed by atoms with van der Waals surface area (Å²) in [6.07, 6.45) is 1.91. The van der Waals surface area contributed by atoms with Gasteiger partial charge >= 0.3 is 0 Å². The van der Waals surface area contributed by atoms with Crippen molar-refractivity contribution in [1.29, 1.82) is 0 Å². The van der Waals surface area contributed by atoms with Crippen molar-refractivity contribution in [3.8, 4) is 0 Å². The van der Waals surface area contributed by atoms with Crippen LogP contribution in [-0.4, -0.2) is 13.0 Å². The topological polar surface area (TPSA) is 29.5 Å². The number of hydrogen-bond acceptors (Lipinski definition) is 2. The first-order valence-corrected chi connectivity index (χ1v) is 9.57. The van der Waals surface area contributed by atoms with Gasteiger partial charge in [-0.25, -0.2) is 0 Å². The molecule has 0 atom stereocenters. The molecule has 28 heavy (non-hydrogen) atoms. The second-order valence-electron chi connectivity index (χ2n) is 6.17. The fraction of sp³-hybridized carbons (Fsp3) is 0.0455. The minimum atomic E-state index is -0.350. The lowest BCUT2D eigenvalue weighted by atomic mass is 10.1. The molecule has 4 rings (SSSR count). The molecule has 3 nitrogen and oxygen atoms in total. The van der Waals surface area contributed by atoms with Crippen LogP contribution in [0.25, 0.3) is 11.8 Å². The van der Waals surface area contributed by atoms with Crippen molar-refractivity contribution in [1.82, 2.24) is 0 Å². The maximum atomic E-state index is 13.7. The van der Waals surface area contributed by atoms with Crippen LogP contribution in [0.15, 0.2) is 60.7 Å². The lowest BCUT2D eigenvalue weighted by molar-refractivity contribution is 0.0999. The number of carbonyl (C=O) groups is 1. The third kappa shape index (κ3) is 3.16. The van der Waals surface area contributed by atoms with Crippen LogP contribution in [0.5, 0.6) is 0 Å². The van der Waals surface area contributed by atoms with Gasteiger partial charge in [0, 0.05) is 16.1 Å². The first-order valence-electron chi connectivity index (χ1n) is 8.44. The minimum Gasteiger partial charge on any atom is -0.496 e. The SMILES string of the molecule is COC1=Cc2ccccc2N(C(=O)c2c(Cl)cc(Cl)cc2Cl)c2ccccc21. The number of fused-ring (bicyclic) bond motifs is 2. The average Bonchev–Trinajstić information content (AvgIpc) is 2.81. The van der Waals surface area contributed by atoms with Gasteiger partial charge in [-0.15, -0.1) is 0 Å². The highest BCUT2D eigenvalue weighted by Crippen LogP contribution is 2.42. The zero-order valence-corrected chi connectivity index (χ0v) is 17.0. The number of hydrogen-bond donors (Lipinski definition) is 0. The highest BCUT2D eigenvalue weighted by atomic mass is 35.5. The van der Waals surface area contributed by atoms with Gasteiger partial charge in [0.1, 0.15) is 5.76 Å². The van der Waals surface area contributed by atoms with Gasteiger partial charge in [0.05, 0.1) is 34.1 Å². The Labute approximate surface area is 177 Å². The van der Waals surface area contributed by atoms with E-state index in [1.807, 2.05) is 54.6 Å². The summed E-state index contributed by atoms with van der Waals surface area (Å²) in [5.74, 6) is 0.309. The van der Waals surface area contributed by atoms with Crippen molar-refractivity contribution in [2.45, 2.75) is 0 Å². The Kier molecular flexibility index (Phi) is 5.07. The van der Waals surface area contributed by atoms with Crippen LogP contribution >= 0.6 is 34.8 Å². The number of rotatable bonds is 2. The monoisotopic (exact) mass is 429 g/mol. The van der Waals surface area contributed by atoms with E-state index in [1.54, 1.807) is 12.0 Å². The van der Waals surface area contributed by atoms with E-state index < -0.39 is 0 Å². The van der Waals surface area contributed by atoms with Gasteiger partial charge in [-0.1, -0.05) is 65.1 Å². The van der Waals surface area contributed by atoms with E-state index in [0.29, 0.717) is 22.2 Å². The van der Waals surface area contributed by atoms with E-state index in [9.17, 15) is 4.79 Å². The summed E-state index contributed by atoms with van der Waals surface area (Å²) in [5.41, 5.74) is 3.20. The van der Waals surface area contributed by atoms with Crippen LogP contribution in [0.4, 0.5) is 11.4 Å². The number of halogens is 3. The first kappa shape index (κ1) is 18.9. The van der Waals surface area contributed by atoms with E-state index in [0.717, 1.165) is 11.1 Å². The molecule has 140 valence electrons. The number of nitrogens with zero attached hydrogens (tertiary/aromatic N) is 1. The molecule has 0 bridgehead atoms. The molecule has 0 fully saturated rings.